The van der Waals surface area contributed by atoms with Crippen LogP contribution in [0.4, 0.5) is 0 Å². The van der Waals surface area contributed by atoms with Crippen LogP contribution in [0.1, 0.15) is 25.3 Å². The first-order valence-corrected chi connectivity index (χ1v) is 6.52. The molecule has 0 aliphatic heterocycles. The molecule has 1 N–H and O–H groups in total. The Labute approximate surface area is 109 Å². The molecule has 0 bridgehead atoms. The number of hydrogen-bond acceptors (Lipinski definition) is 2. The fourth-order valence-electron chi connectivity index (χ4n) is 1.89. The zero-order valence-corrected chi connectivity index (χ0v) is 11.3. The summed E-state index contributed by atoms with van der Waals surface area (Å²) >= 11 is 0. The van der Waals surface area contributed by atoms with E-state index in [2.05, 4.69) is 19.1 Å². The van der Waals surface area contributed by atoms with Gasteiger partial charge in [0, 0.05) is 20.0 Å². The van der Waals surface area contributed by atoms with Crippen molar-refractivity contribution in [2.45, 2.75) is 26.2 Å². The van der Waals surface area contributed by atoms with E-state index in [0.717, 1.165) is 12.8 Å². The van der Waals surface area contributed by atoms with E-state index < -0.39 is 0 Å². The van der Waals surface area contributed by atoms with Crippen molar-refractivity contribution >= 4 is 5.91 Å². The molecule has 0 heterocycles. The molecule has 1 rings (SSSR count). The van der Waals surface area contributed by atoms with Gasteiger partial charge in [0.25, 0.3) is 0 Å². The number of nitrogens with zero attached hydrogens (tertiary/aromatic N) is 1. The van der Waals surface area contributed by atoms with Crippen LogP contribution >= 0.6 is 0 Å². The third kappa shape index (κ3) is 5.32. The van der Waals surface area contributed by atoms with Crippen LogP contribution in [0.3, 0.4) is 0 Å². The van der Waals surface area contributed by atoms with Gasteiger partial charge in [-0.1, -0.05) is 37.3 Å². The second-order valence-corrected chi connectivity index (χ2v) is 4.87. The lowest BCUT2D eigenvalue weighted by molar-refractivity contribution is -0.131. The Kier molecular flexibility index (Phi) is 6.44. The summed E-state index contributed by atoms with van der Waals surface area (Å²) in [5, 5.41) is 8.78. The molecule has 3 nitrogen and oxygen atoms in total. The van der Waals surface area contributed by atoms with Gasteiger partial charge in [0.1, 0.15) is 0 Å². The van der Waals surface area contributed by atoms with Crippen molar-refractivity contribution in [1.29, 1.82) is 0 Å². The van der Waals surface area contributed by atoms with Crippen molar-refractivity contribution in [1.82, 2.24) is 4.90 Å². The van der Waals surface area contributed by atoms with Gasteiger partial charge in [-0.15, -0.1) is 0 Å². The summed E-state index contributed by atoms with van der Waals surface area (Å²) in [5.41, 5.74) is 1.32. The minimum atomic E-state index is 0.0284. The normalized spacial score (nSPS) is 12.2. The number of amides is 1. The van der Waals surface area contributed by atoms with Crippen LogP contribution < -0.4 is 0 Å². The lowest BCUT2D eigenvalue weighted by atomic mass is 9.98. The maximum Gasteiger partial charge on any atom is 0.222 e. The zero-order chi connectivity index (χ0) is 13.4. The fraction of sp³-hybridized carbons (Fsp3) is 0.533. The summed E-state index contributed by atoms with van der Waals surface area (Å²) in [4.78, 5) is 13.4. The summed E-state index contributed by atoms with van der Waals surface area (Å²) in [6.07, 6.45) is 2.59. The number of aliphatic hydroxyl groups is 1. The summed E-state index contributed by atoms with van der Waals surface area (Å²) in [6, 6.07) is 10.3. The van der Waals surface area contributed by atoms with E-state index >= 15 is 0 Å². The van der Waals surface area contributed by atoms with Gasteiger partial charge in [-0.3, -0.25) is 4.79 Å². The molecule has 0 fully saturated rings. The summed E-state index contributed by atoms with van der Waals surface area (Å²) in [7, 11) is 1.74. The molecule has 0 saturated heterocycles. The predicted octanol–water partition coefficient (Wildman–Crippen LogP) is 2.10. The fourth-order valence-corrected chi connectivity index (χ4v) is 1.89. The van der Waals surface area contributed by atoms with Crippen molar-refractivity contribution in [2.75, 3.05) is 20.2 Å². The number of aliphatic hydroxyl groups excluding tert-OH is 1. The number of aryl methyl sites for hydroxylation is 1. The third-order valence-corrected chi connectivity index (χ3v) is 3.15. The maximum absolute atomic E-state index is 11.8. The van der Waals surface area contributed by atoms with Crippen molar-refractivity contribution in [3.05, 3.63) is 35.9 Å². The van der Waals surface area contributed by atoms with Gasteiger partial charge in [0.05, 0.1) is 6.61 Å². The van der Waals surface area contributed by atoms with E-state index in [0.29, 0.717) is 18.9 Å². The molecule has 0 aromatic heterocycles. The summed E-state index contributed by atoms with van der Waals surface area (Å²) < 4.78 is 0. The SMILES string of the molecule is CC(CCc1ccccc1)CC(=O)N(C)CCO. The van der Waals surface area contributed by atoms with Gasteiger partial charge in [0.15, 0.2) is 0 Å². The highest BCUT2D eigenvalue weighted by Crippen LogP contribution is 2.13. The summed E-state index contributed by atoms with van der Waals surface area (Å²) in [6.45, 7) is 2.55. The first-order chi connectivity index (χ1) is 8.63. The predicted molar refractivity (Wildman–Crippen MR) is 73.3 cm³/mol. The number of carbonyl (C=O) groups excluding carboxylic acids is 1. The van der Waals surface area contributed by atoms with Crippen molar-refractivity contribution in [2.24, 2.45) is 5.92 Å². The Morgan fingerprint density at radius 3 is 2.61 bits per heavy atom. The van der Waals surface area contributed by atoms with Crippen LogP contribution in [0.15, 0.2) is 30.3 Å². The Bertz CT molecular complexity index is 351. The molecule has 0 aliphatic rings. The second-order valence-electron chi connectivity index (χ2n) is 4.87. The quantitative estimate of drug-likeness (QED) is 0.804. The van der Waals surface area contributed by atoms with Crippen LogP contribution in [-0.2, 0) is 11.2 Å². The minimum Gasteiger partial charge on any atom is -0.395 e. The monoisotopic (exact) mass is 249 g/mol. The molecule has 1 unspecified atom stereocenters. The average molecular weight is 249 g/mol. The molecule has 0 saturated carbocycles. The molecule has 1 amide bonds. The van der Waals surface area contributed by atoms with Crippen LogP contribution in [-0.4, -0.2) is 36.1 Å². The topological polar surface area (TPSA) is 40.5 Å². The molecule has 0 spiro atoms. The Morgan fingerprint density at radius 1 is 1.33 bits per heavy atom. The van der Waals surface area contributed by atoms with Gasteiger partial charge in [-0.2, -0.15) is 0 Å². The standard InChI is InChI=1S/C15H23NO2/c1-13(12-15(18)16(2)10-11-17)8-9-14-6-4-3-5-7-14/h3-7,13,17H,8-12H2,1-2H3. The Morgan fingerprint density at radius 2 is 2.00 bits per heavy atom. The molecule has 0 radical (unpaired) electrons. The van der Waals surface area contributed by atoms with Gasteiger partial charge in [-0.05, 0) is 24.3 Å². The number of carbonyl (C=O) groups is 1. The molecule has 100 valence electrons. The highest BCUT2D eigenvalue weighted by molar-refractivity contribution is 5.76. The van der Waals surface area contributed by atoms with Crippen LogP contribution in [0.2, 0.25) is 0 Å². The molecular weight excluding hydrogens is 226 g/mol. The molecule has 18 heavy (non-hydrogen) atoms. The van der Waals surface area contributed by atoms with Crippen molar-refractivity contribution in [3.63, 3.8) is 0 Å². The maximum atomic E-state index is 11.8. The Hall–Kier alpha value is -1.35. The second kappa shape index (κ2) is 7.88. The van der Waals surface area contributed by atoms with Crippen molar-refractivity contribution < 1.29 is 9.90 Å². The van der Waals surface area contributed by atoms with Crippen LogP contribution in [0.5, 0.6) is 0 Å². The highest BCUT2D eigenvalue weighted by atomic mass is 16.3. The van der Waals surface area contributed by atoms with Gasteiger partial charge < -0.3 is 10.0 Å². The molecule has 1 aromatic carbocycles. The number of hydrogen-bond donors (Lipinski definition) is 1. The molecule has 0 aliphatic carbocycles. The smallest absolute Gasteiger partial charge is 0.222 e. The van der Waals surface area contributed by atoms with E-state index in [1.807, 2.05) is 18.2 Å². The van der Waals surface area contributed by atoms with E-state index in [1.54, 1.807) is 11.9 Å². The zero-order valence-electron chi connectivity index (χ0n) is 11.3. The van der Waals surface area contributed by atoms with Gasteiger partial charge in [0.2, 0.25) is 5.91 Å². The number of rotatable bonds is 7. The molecule has 3 heteroatoms. The lowest BCUT2D eigenvalue weighted by Gasteiger charge is -2.18. The number of benzene rings is 1. The average Bonchev–Trinajstić information content (AvgIpc) is 2.38. The minimum absolute atomic E-state index is 0.0284. The molecular formula is C15H23NO2. The molecule has 1 atom stereocenters. The first-order valence-electron chi connectivity index (χ1n) is 6.52. The van der Waals surface area contributed by atoms with Gasteiger partial charge in [-0.25, -0.2) is 0 Å². The molecule has 1 aromatic rings. The highest BCUT2D eigenvalue weighted by Gasteiger charge is 2.12. The first kappa shape index (κ1) is 14.7. The number of likely N-dealkylation sites (N-methyl/N-ethyl adjacent to an activating group) is 1. The van der Waals surface area contributed by atoms with E-state index in [-0.39, 0.29) is 12.5 Å². The Balaban J connectivity index is 2.29. The summed E-state index contributed by atoms with van der Waals surface area (Å²) in [5.74, 6) is 0.489. The lowest BCUT2D eigenvalue weighted by Crippen LogP contribution is -2.30. The van der Waals surface area contributed by atoms with Crippen LogP contribution in [0, 0.1) is 5.92 Å². The largest absolute Gasteiger partial charge is 0.395 e. The van der Waals surface area contributed by atoms with E-state index in [1.165, 1.54) is 5.56 Å². The van der Waals surface area contributed by atoms with E-state index in [9.17, 15) is 4.79 Å². The van der Waals surface area contributed by atoms with E-state index in [4.69, 9.17) is 5.11 Å². The van der Waals surface area contributed by atoms with Crippen LogP contribution in [0.25, 0.3) is 0 Å². The third-order valence-electron chi connectivity index (χ3n) is 3.15. The van der Waals surface area contributed by atoms with Crippen molar-refractivity contribution in [3.8, 4) is 0 Å². The van der Waals surface area contributed by atoms with Gasteiger partial charge >= 0.3 is 0 Å².